The second-order valence-electron chi connectivity index (χ2n) is 6.22. The van der Waals surface area contributed by atoms with E-state index in [-0.39, 0.29) is 5.91 Å². The molecule has 0 unspecified atom stereocenters. The van der Waals surface area contributed by atoms with Crippen molar-refractivity contribution in [2.45, 2.75) is 25.3 Å². The van der Waals surface area contributed by atoms with Gasteiger partial charge in [0.15, 0.2) is 0 Å². The lowest BCUT2D eigenvalue weighted by Gasteiger charge is -2.17. The molecule has 0 radical (unpaired) electrons. The minimum Gasteiger partial charge on any atom is -0.335 e. The van der Waals surface area contributed by atoms with Crippen LogP contribution >= 0.6 is 11.3 Å². The number of benzene rings is 1. The Bertz CT molecular complexity index is 835. The van der Waals surface area contributed by atoms with Crippen molar-refractivity contribution < 1.29 is 4.79 Å². The maximum Gasteiger partial charge on any atom is 0.272 e. The van der Waals surface area contributed by atoms with E-state index in [1.807, 2.05) is 54.9 Å². The summed E-state index contributed by atoms with van der Waals surface area (Å²) in [6, 6.07) is 15.9. The molecule has 5 heteroatoms. The third kappa shape index (κ3) is 2.99. The second-order valence-corrected chi connectivity index (χ2v) is 7.25. The fourth-order valence-corrected chi connectivity index (χ4v) is 3.56. The van der Waals surface area contributed by atoms with Gasteiger partial charge in [-0.25, -0.2) is 4.68 Å². The quantitative estimate of drug-likeness (QED) is 0.703. The molecule has 0 spiro atoms. The van der Waals surface area contributed by atoms with E-state index in [1.54, 1.807) is 20.9 Å². The normalized spacial score (nSPS) is 13.9. The van der Waals surface area contributed by atoms with Crippen LogP contribution in [0.2, 0.25) is 0 Å². The first-order chi connectivity index (χ1) is 11.7. The van der Waals surface area contributed by atoms with E-state index in [9.17, 15) is 4.79 Å². The summed E-state index contributed by atoms with van der Waals surface area (Å²) in [5.74, 6) is 0.524. The molecule has 4 nitrogen and oxygen atoms in total. The summed E-state index contributed by atoms with van der Waals surface area (Å²) in [6.07, 6.45) is 2.34. The lowest BCUT2D eigenvalue weighted by atomic mass is 10.2. The number of thiophene rings is 1. The number of hydrogen-bond donors (Lipinski definition) is 0. The number of amides is 1. The van der Waals surface area contributed by atoms with E-state index in [1.165, 1.54) is 17.7 Å². The molecule has 1 amide bonds. The van der Waals surface area contributed by atoms with E-state index in [2.05, 4.69) is 6.07 Å². The Morgan fingerprint density at radius 3 is 2.71 bits per heavy atom. The summed E-state index contributed by atoms with van der Waals surface area (Å²) >= 11 is 1.67. The van der Waals surface area contributed by atoms with E-state index in [0.717, 1.165) is 11.4 Å². The van der Waals surface area contributed by atoms with Crippen LogP contribution in [0.4, 0.5) is 0 Å². The van der Waals surface area contributed by atoms with E-state index >= 15 is 0 Å². The Kier molecular flexibility index (Phi) is 3.94. The average Bonchev–Trinajstić information content (AvgIpc) is 3.16. The summed E-state index contributed by atoms with van der Waals surface area (Å²) in [5, 5.41) is 6.75. The SMILES string of the molecule is CN(Cc1cccs1)C(=O)c1cc(C2CC2)nn1-c1ccccc1. The van der Waals surface area contributed by atoms with Crippen molar-refractivity contribution in [1.82, 2.24) is 14.7 Å². The maximum absolute atomic E-state index is 13.0. The molecule has 0 saturated heterocycles. The monoisotopic (exact) mass is 337 g/mol. The van der Waals surface area contributed by atoms with Gasteiger partial charge in [-0.05, 0) is 42.5 Å². The molecule has 0 bridgehead atoms. The summed E-state index contributed by atoms with van der Waals surface area (Å²) in [5.41, 5.74) is 2.60. The fourth-order valence-electron chi connectivity index (χ4n) is 2.80. The molecule has 4 rings (SSSR count). The predicted molar refractivity (Wildman–Crippen MR) is 95.7 cm³/mol. The minimum atomic E-state index is 0.00616. The Morgan fingerprint density at radius 2 is 2.04 bits per heavy atom. The predicted octanol–water partition coefficient (Wildman–Crippen LogP) is 4.08. The number of carbonyl (C=O) groups is 1. The third-order valence-corrected chi connectivity index (χ3v) is 5.12. The van der Waals surface area contributed by atoms with Crippen LogP contribution in [0.5, 0.6) is 0 Å². The van der Waals surface area contributed by atoms with Gasteiger partial charge >= 0.3 is 0 Å². The molecular formula is C19H19N3OS. The van der Waals surface area contributed by atoms with Gasteiger partial charge in [0.1, 0.15) is 5.69 Å². The molecule has 1 saturated carbocycles. The largest absolute Gasteiger partial charge is 0.335 e. The summed E-state index contributed by atoms with van der Waals surface area (Å²) in [7, 11) is 1.85. The fraction of sp³-hybridized carbons (Fsp3) is 0.263. The van der Waals surface area contributed by atoms with Gasteiger partial charge in [0.05, 0.1) is 17.9 Å². The van der Waals surface area contributed by atoms with Crippen LogP contribution in [-0.2, 0) is 6.54 Å². The van der Waals surface area contributed by atoms with Gasteiger partial charge in [0, 0.05) is 17.8 Å². The number of para-hydroxylation sites is 1. The number of nitrogens with zero attached hydrogens (tertiary/aromatic N) is 3. The number of rotatable bonds is 5. The Labute approximate surface area is 145 Å². The van der Waals surface area contributed by atoms with Gasteiger partial charge in [0.2, 0.25) is 0 Å². The van der Waals surface area contributed by atoms with Crippen molar-refractivity contribution >= 4 is 17.2 Å². The third-order valence-electron chi connectivity index (χ3n) is 4.26. The van der Waals surface area contributed by atoms with Crippen molar-refractivity contribution in [3.05, 3.63) is 70.2 Å². The first-order valence-corrected chi connectivity index (χ1v) is 9.03. The lowest BCUT2D eigenvalue weighted by molar-refractivity contribution is 0.0777. The first-order valence-electron chi connectivity index (χ1n) is 8.15. The molecule has 2 aromatic heterocycles. The van der Waals surface area contributed by atoms with Gasteiger partial charge in [-0.15, -0.1) is 11.3 Å². The Balaban J connectivity index is 1.66. The van der Waals surface area contributed by atoms with Crippen LogP contribution in [-0.4, -0.2) is 27.6 Å². The van der Waals surface area contributed by atoms with Crippen molar-refractivity contribution in [2.75, 3.05) is 7.05 Å². The highest BCUT2D eigenvalue weighted by molar-refractivity contribution is 7.09. The zero-order valence-corrected chi connectivity index (χ0v) is 14.4. The molecule has 3 aromatic rings. The van der Waals surface area contributed by atoms with Crippen LogP contribution in [0.3, 0.4) is 0 Å². The Hall–Kier alpha value is -2.40. The molecule has 1 aromatic carbocycles. The molecule has 0 N–H and O–H groups in total. The molecule has 0 atom stereocenters. The van der Waals surface area contributed by atoms with Crippen LogP contribution in [0.25, 0.3) is 5.69 Å². The van der Waals surface area contributed by atoms with Crippen molar-refractivity contribution in [3.63, 3.8) is 0 Å². The first kappa shape index (κ1) is 15.1. The zero-order valence-electron chi connectivity index (χ0n) is 13.6. The van der Waals surface area contributed by atoms with Gasteiger partial charge < -0.3 is 4.90 Å². The number of carbonyl (C=O) groups excluding carboxylic acids is 1. The molecular weight excluding hydrogens is 318 g/mol. The highest BCUT2D eigenvalue weighted by atomic mass is 32.1. The van der Waals surface area contributed by atoms with Gasteiger partial charge in [-0.1, -0.05) is 24.3 Å². The molecule has 1 aliphatic carbocycles. The Morgan fingerprint density at radius 1 is 1.25 bits per heavy atom. The molecule has 2 heterocycles. The molecule has 1 fully saturated rings. The van der Waals surface area contributed by atoms with E-state index in [4.69, 9.17) is 5.10 Å². The zero-order chi connectivity index (χ0) is 16.5. The highest BCUT2D eigenvalue weighted by Gasteiger charge is 2.29. The van der Waals surface area contributed by atoms with Gasteiger partial charge in [-0.2, -0.15) is 5.10 Å². The van der Waals surface area contributed by atoms with Crippen LogP contribution in [0.15, 0.2) is 53.9 Å². The van der Waals surface area contributed by atoms with Gasteiger partial charge in [0.25, 0.3) is 5.91 Å². The van der Waals surface area contributed by atoms with Crippen LogP contribution < -0.4 is 0 Å². The lowest BCUT2D eigenvalue weighted by Crippen LogP contribution is -2.28. The van der Waals surface area contributed by atoms with Crippen LogP contribution in [0, 0.1) is 0 Å². The molecule has 24 heavy (non-hydrogen) atoms. The summed E-state index contributed by atoms with van der Waals surface area (Å²) < 4.78 is 1.79. The van der Waals surface area contributed by atoms with Crippen LogP contribution in [0.1, 0.15) is 39.8 Å². The summed E-state index contributed by atoms with van der Waals surface area (Å²) in [4.78, 5) is 15.9. The molecule has 1 aliphatic rings. The number of hydrogen-bond acceptors (Lipinski definition) is 3. The second kappa shape index (κ2) is 6.24. The van der Waals surface area contributed by atoms with Crippen molar-refractivity contribution in [2.24, 2.45) is 0 Å². The molecule has 0 aliphatic heterocycles. The smallest absolute Gasteiger partial charge is 0.272 e. The topological polar surface area (TPSA) is 38.1 Å². The van der Waals surface area contributed by atoms with Gasteiger partial charge in [-0.3, -0.25) is 4.79 Å². The van der Waals surface area contributed by atoms with Crippen molar-refractivity contribution in [3.8, 4) is 5.69 Å². The van der Waals surface area contributed by atoms with Crippen molar-refractivity contribution in [1.29, 1.82) is 0 Å². The highest BCUT2D eigenvalue weighted by Crippen LogP contribution is 2.39. The van der Waals surface area contributed by atoms with E-state index in [0.29, 0.717) is 18.2 Å². The molecule has 122 valence electrons. The minimum absolute atomic E-state index is 0.00616. The average molecular weight is 337 g/mol. The van der Waals surface area contributed by atoms with E-state index < -0.39 is 0 Å². The standard InChI is InChI=1S/C19H19N3OS/c1-21(13-16-8-5-11-24-16)19(23)18-12-17(14-9-10-14)20-22(18)15-6-3-2-4-7-15/h2-8,11-12,14H,9-10,13H2,1H3. The number of aromatic nitrogens is 2. The summed E-state index contributed by atoms with van der Waals surface area (Å²) in [6.45, 7) is 0.620. The maximum atomic E-state index is 13.0.